The van der Waals surface area contributed by atoms with Gasteiger partial charge in [0.2, 0.25) is 0 Å². The van der Waals surface area contributed by atoms with E-state index in [-0.39, 0.29) is 6.04 Å². The largest absolute Gasteiger partial charge is 0.481 e. The fourth-order valence-electron chi connectivity index (χ4n) is 2.66. The molecule has 2 atom stereocenters. The number of carboxylic acid groups (broad SMARTS) is 1. The molecule has 1 heterocycles. The Kier molecular flexibility index (Phi) is 5.40. The van der Waals surface area contributed by atoms with Gasteiger partial charge in [-0.15, -0.1) is 0 Å². The van der Waals surface area contributed by atoms with Crippen molar-refractivity contribution in [2.24, 2.45) is 5.92 Å². The topological polar surface area (TPSA) is 49.8 Å². The molecule has 1 aromatic carbocycles. The zero-order chi connectivity index (χ0) is 14.5. The van der Waals surface area contributed by atoms with E-state index in [1.807, 2.05) is 24.3 Å². The molecule has 0 radical (unpaired) electrons. The molecule has 0 bridgehead atoms. The van der Waals surface area contributed by atoms with Gasteiger partial charge in [-0.05, 0) is 30.7 Å². The Balaban J connectivity index is 2.12. The van der Waals surface area contributed by atoms with E-state index in [4.69, 9.17) is 16.3 Å². The number of halogens is 1. The van der Waals surface area contributed by atoms with Gasteiger partial charge in [-0.3, -0.25) is 9.69 Å². The average molecular weight is 298 g/mol. The molecule has 0 amide bonds. The minimum Gasteiger partial charge on any atom is -0.481 e. The maximum Gasteiger partial charge on any atom is 0.310 e. The lowest BCUT2D eigenvalue weighted by atomic mass is 10.0. The number of hydrogen-bond donors (Lipinski definition) is 1. The highest BCUT2D eigenvalue weighted by Crippen LogP contribution is 2.23. The smallest absolute Gasteiger partial charge is 0.310 e. The van der Waals surface area contributed by atoms with Crippen LogP contribution in [-0.2, 0) is 16.1 Å². The zero-order valence-electron chi connectivity index (χ0n) is 11.6. The number of carboxylic acids is 1. The van der Waals surface area contributed by atoms with Crippen molar-refractivity contribution >= 4 is 17.6 Å². The van der Waals surface area contributed by atoms with Crippen LogP contribution in [0, 0.1) is 5.92 Å². The lowest BCUT2D eigenvalue weighted by Crippen LogP contribution is -2.43. The number of benzene rings is 1. The minimum absolute atomic E-state index is 0.0635. The van der Waals surface area contributed by atoms with Crippen LogP contribution >= 0.6 is 11.6 Å². The normalized spacial score (nSPS) is 22.4. The van der Waals surface area contributed by atoms with E-state index in [2.05, 4.69) is 11.8 Å². The van der Waals surface area contributed by atoms with E-state index in [0.717, 1.165) is 18.5 Å². The van der Waals surface area contributed by atoms with Crippen LogP contribution in [-0.4, -0.2) is 41.8 Å². The Morgan fingerprint density at radius 2 is 2.30 bits per heavy atom. The van der Waals surface area contributed by atoms with Crippen molar-refractivity contribution in [3.63, 3.8) is 0 Å². The van der Waals surface area contributed by atoms with Gasteiger partial charge >= 0.3 is 5.97 Å². The lowest BCUT2D eigenvalue weighted by molar-refractivity contribution is -0.143. The molecule has 2 rings (SSSR count). The number of carbonyl (C=O) groups is 1. The number of nitrogens with zero attached hydrogens (tertiary/aromatic N) is 1. The van der Waals surface area contributed by atoms with E-state index >= 15 is 0 Å². The van der Waals surface area contributed by atoms with Gasteiger partial charge < -0.3 is 9.84 Å². The Hall–Kier alpha value is -1.10. The Labute approximate surface area is 124 Å². The second kappa shape index (κ2) is 7.07. The summed E-state index contributed by atoms with van der Waals surface area (Å²) >= 11 is 6.01. The molecular formula is C15H20ClNO3. The van der Waals surface area contributed by atoms with E-state index in [1.54, 1.807) is 0 Å². The summed E-state index contributed by atoms with van der Waals surface area (Å²) in [5.41, 5.74) is 1.10. The molecule has 5 heteroatoms. The first kappa shape index (κ1) is 15.3. The molecule has 0 aromatic heterocycles. The van der Waals surface area contributed by atoms with Gasteiger partial charge in [0.1, 0.15) is 0 Å². The Bertz CT molecular complexity index is 466. The van der Waals surface area contributed by atoms with Crippen LogP contribution in [0.1, 0.15) is 18.9 Å². The molecule has 1 saturated heterocycles. The van der Waals surface area contributed by atoms with E-state index in [1.165, 1.54) is 0 Å². The lowest BCUT2D eigenvalue weighted by Gasteiger charge is -2.30. The predicted octanol–water partition coefficient (Wildman–Crippen LogP) is 2.65. The summed E-state index contributed by atoms with van der Waals surface area (Å²) in [6, 6.07) is 7.64. The van der Waals surface area contributed by atoms with Crippen LogP contribution in [0.15, 0.2) is 24.3 Å². The van der Waals surface area contributed by atoms with Gasteiger partial charge in [-0.25, -0.2) is 0 Å². The number of rotatable bonds is 6. The van der Waals surface area contributed by atoms with Crippen molar-refractivity contribution in [1.29, 1.82) is 0 Å². The van der Waals surface area contributed by atoms with Crippen LogP contribution in [0.4, 0.5) is 0 Å². The van der Waals surface area contributed by atoms with Crippen LogP contribution in [0.5, 0.6) is 0 Å². The average Bonchev–Trinajstić information content (AvgIpc) is 2.87. The molecule has 0 aliphatic carbocycles. The molecule has 2 unspecified atom stereocenters. The van der Waals surface area contributed by atoms with E-state index < -0.39 is 11.9 Å². The van der Waals surface area contributed by atoms with E-state index in [0.29, 0.717) is 24.8 Å². The Morgan fingerprint density at radius 1 is 1.50 bits per heavy atom. The summed E-state index contributed by atoms with van der Waals surface area (Å²) in [5.74, 6) is -1.22. The summed E-state index contributed by atoms with van der Waals surface area (Å²) < 4.78 is 5.37. The Morgan fingerprint density at radius 3 is 2.95 bits per heavy atom. The van der Waals surface area contributed by atoms with Crippen molar-refractivity contribution in [1.82, 2.24) is 4.90 Å². The zero-order valence-corrected chi connectivity index (χ0v) is 12.3. The SMILES string of the molecule is CCCN(Cc1cccc(Cl)c1)C1COCC1C(=O)O. The molecule has 0 saturated carbocycles. The molecule has 1 aliphatic heterocycles. The highest BCUT2D eigenvalue weighted by Gasteiger charge is 2.37. The first-order valence-corrected chi connectivity index (χ1v) is 7.28. The van der Waals surface area contributed by atoms with Crippen molar-refractivity contribution in [2.75, 3.05) is 19.8 Å². The monoisotopic (exact) mass is 297 g/mol. The first-order chi connectivity index (χ1) is 9.61. The van der Waals surface area contributed by atoms with Gasteiger partial charge in [0.25, 0.3) is 0 Å². The fourth-order valence-corrected chi connectivity index (χ4v) is 2.87. The maximum atomic E-state index is 11.3. The quantitative estimate of drug-likeness (QED) is 0.877. The third-order valence-electron chi connectivity index (χ3n) is 3.62. The summed E-state index contributed by atoms with van der Waals surface area (Å²) in [7, 11) is 0. The molecule has 4 nitrogen and oxygen atoms in total. The number of ether oxygens (including phenoxy) is 1. The van der Waals surface area contributed by atoms with Crippen LogP contribution in [0.25, 0.3) is 0 Å². The summed E-state index contributed by atoms with van der Waals surface area (Å²) in [4.78, 5) is 13.5. The van der Waals surface area contributed by atoms with Gasteiger partial charge in [-0.1, -0.05) is 30.7 Å². The predicted molar refractivity (Wildman–Crippen MR) is 77.9 cm³/mol. The first-order valence-electron chi connectivity index (χ1n) is 6.91. The van der Waals surface area contributed by atoms with Crippen LogP contribution in [0.3, 0.4) is 0 Å². The van der Waals surface area contributed by atoms with Crippen molar-refractivity contribution in [3.05, 3.63) is 34.9 Å². The molecule has 110 valence electrons. The van der Waals surface area contributed by atoms with Gasteiger partial charge in [-0.2, -0.15) is 0 Å². The van der Waals surface area contributed by atoms with Crippen molar-refractivity contribution in [3.8, 4) is 0 Å². The summed E-state index contributed by atoms with van der Waals surface area (Å²) in [5, 5.41) is 9.99. The molecule has 1 fully saturated rings. The van der Waals surface area contributed by atoms with Crippen LogP contribution < -0.4 is 0 Å². The highest BCUT2D eigenvalue weighted by atomic mass is 35.5. The van der Waals surface area contributed by atoms with E-state index in [9.17, 15) is 9.90 Å². The molecular weight excluding hydrogens is 278 g/mol. The molecule has 1 aliphatic rings. The summed E-state index contributed by atoms with van der Waals surface area (Å²) in [6.07, 6.45) is 0.976. The van der Waals surface area contributed by atoms with Gasteiger partial charge in [0, 0.05) is 17.6 Å². The number of aliphatic carboxylic acids is 1. The third-order valence-corrected chi connectivity index (χ3v) is 3.86. The maximum absolute atomic E-state index is 11.3. The second-order valence-corrected chi connectivity index (χ2v) is 5.59. The highest BCUT2D eigenvalue weighted by molar-refractivity contribution is 6.30. The molecule has 20 heavy (non-hydrogen) atoms. The number of hydrogen-bond acceptors (Lipinski definition) is 3. The van der Waals surface area contributed by atoms with Crippen LogP contribution in [0.2, 0.25) is 5.02 Å². The van der Waals surface area contributed by atoms with Crippen molar-refractivity contribution < 1.29 is 14.6 Å². The van der Waals surface area contributed by atoms with Crippen molar-refractivity contribution in [2.45, 2.75) is 25.9 Å². The fraction of sp³-hybridized carbons (Fsp3) is 0.533. The molecule has 1 aromatic rings. The minimum atomic E-state index is -0.778. The van der Waals surface area contributed by atoms with Gasteiger partial charge in [0.15, 0.2) is 0 Å². The molecule has 0 spiro atoms. The summed E-state index contributed by atoms with van der Waals surface area (Å²) in [6.45, 7) is 4.43. The third kappa shape index (κ3) is 3.72. The molecule has 1 N–H and O–H groups in total. The van der Waals surface area contributed by atoms with Gasteiger partial charge in [0.05, 0.1) is 19.1 Å². The standard InChI is InChI=1S/C15H20ClNO3/c1-2-6-17(8-11-4-3-5-12(16)7-11)14-10-20-9-13(14)15(18)19/h3-5,7,13-14H,2,6,8-10H2,1H3,(H,18,19). The second-order valence-electron chi connectivity index (χ2n) is 5.15.